The normalized spacial score (nSPS) is 17.3. The zero-order valence-electron chi connectivity index (χ0n) is 10.2. The Morgan fingerprint density at radius 2 is 2.00 bits per heavy atom. The lowest BCUT2D eigenvalue weighted by Crippen LogP contribution is -2.46. The molecule has 0 amide bonds. The maximum absolute atomic E-state index is 3.39. The van der Waals surface area contributed by atoms with Crippen molar-refractivity contribution in [1.82, 2.24) is 10.2 Å². The van der Waals surface area contributed by atoms with Crippen LogP contribution in [0.2, 0.25) is 0 Å². The van der Waals surface area contributed by atoms with Crippen LogP contribution < -0.4 is 5.32 Å². The summed E-state index contributed by atoms with van der Waals surface area (Å²) in [5.41, 5.74) is 1.44. The van der Waals surface area contributed by atoms with Gasteiger partial charge in [-0.3, -0.25) is 4.90 Å². The average Bonchev–Trinajstić information content (AvgIpc) is 2.27. The van der Waals surface area contributed by atoms with Crippen LogP contribution in [-0.2, 0) is 6.54 Å². The molecule has 2 nitrogen and oxygen atoms in total. The molecule has 1 aliphatic heterocycles. The van der Waals surface area contributed by atoms with Crippen LogP contribution in [0.15, 0.2) is 30.3 Å². The number of benzene rings is 1. The third kappa shape index (κ3) is 3.32. The van der Waals surface area contributed by atoms with Crippen molar-refractivity contribution < 1.29 is 0 Å². The minimum absolute atomic E-state index is 0.919. The molecule has 0 atom stereocenters. The van der Waals surface area contributed by atoms with Gasteiger partial charge in [0, 0.05) is 19.6 Å². The Balaban J connectivity index is 1.62. The minimum atomic E-state index is 0.919. The van der Waals surface area contributed by atoms with Crippen LogP contribution >= 0.6 is 0 Å². The molecule has 2 heteroatoms. The van der Waals surface area contributed by atoms with E-state index in [0.29, 0.717) is 0 Å². The Kier molecular flexibility index (Phi) is 4.37. The molecule has 0 bridgehead atoms. The van der Waals surface area contributed by atoms with Crippen molar-refractivity contribution in [3.63, 3.8) is 0 Å². The van der Waals surface area contributed by atoms with E-state index in [9.17, 15) is 0 Å². The third-order valence-electron chi connectivity index (χ3n) is 3.26. The maximum Gasteiger partial charge on any atom is 0.0233 e. The van der Waals surface area contributed by atoms with Gasteiger partial charge >= 0.3 is 0 Å². The standard InChI is InChI=1S/C14H22N2/c1-2-15-9-8-14-11-16(12-14)10-13-6-4-3-5-7-13/h3-7,14-15H,2,8-12H2,1H3. The first-order valence-corrected chi connectivity index (χ1v) is 6.35. The summed E-state index contributed by atoms with van der Waals surface area (Å²) in [6.07, 6.45) is 1.33. The summed E-state index contributed by atoms with van der Waals surface area (Å²) < 4.78 is 0. The summed E-state index contributed by atoms with van der Waals surface area (Å²) in [7, 11) is 0. The molecule has 1 heterocycles. The van der Waals surface area contributed by atoms with E-state index in [-0.39, 0.29) is 0 Å². The van der Waals surface area contributed by atoms with Crippen molar-refractivity contribution >= 4 is 0 Å². The molecular weight excluding hydrogens is 196 g/mol. The zero-order chi connectivity index (χ0) is 11.2. The van der Waals surface area contributed by atoms with Crippen LogP contribution in [0, 0.1) is 5.92 Å². The SMILES string of the molecule is CCNCCC1CN(Cc2ccccc2)C1. The molecule has 1 saturated heterocycles. The predicted octanol–water partition coefficient (Wildman–Crippen LogP) is 2.12. The summed E-state index contributed by atoms with van der Waals surface area (Å²) in [5.74, 6) is 0.919. The predicted molar refractivity (Wildman–Crippen MR) is 68.4 cm³/mol. The van der Waals surface area contributed by atoms with Crippen molar-refractivity contribution in [1.29, 1.82) is 0 Å². The first kappa shape index (κ1) is 11.6. The van der Waals surface area contributed by atoms with E-state index in [0.717, 1.165) is 19.0 Å². The van der Waals surface area contributed by atoms with Gasteiger partial charge in [0.1, 0.15) is 0 Å². The summed E-state index contributed by atoms with van der Waals surface area (Å²) in [6.45, 7) is 8.13. The molecule has 1 aromatic rings. The fourth-order valence-electron chi connectivity index (χ4n) is 2.31. The Bertz CT molecular complexity index is 291. The molecule has 0 aromatic heterocycles. The van der Waals surface area contributed by atoms with Crippen molar-refractivity contribution in [2.24, 2.45) is 5.92 Å². The Hall–Kier alpha value is -0.860. The molecule has 1 fully saturated rings. The number of nitrogens with zero attached hydrogens (tertiary/aromatic N) is 1. The quantitative estimate of drug-likeness (QED) is 0.736. The molecule has 2 rings (SSSR count). The van der Waals surface area contributed by atoms with Gasteiger partial charge in [0.15, 0.2) is 0 Å². The van der Waals surface area contributed by atoms with Crippen molar-refractivity contribution in [3.05, 3.63) is 35.9 Å². The van der Waals surface area contributed by atoms with Crippen LogP contribution in [0.5, 0.6) is 0 Å². The van der Waals surface area contributed by atoms with Crippen LogP contribution in [0.25, 0.3) is 0 Å². The van der Waals surface area contributed by atoms with E-state index in [1.54, 1.807) is 0 Å². The third-order valence-corrected chi connectivity index (χ3v) is 3.26. The maximum atomic E-state index is 3.39. The highest BCUT2D eigenvalue weighted by molar-refractivity contribution is 5.14. The van der Waals surface area contributed by atoms with E-state index in [4.69, 9.17) is 0 Å². The molecule has 1 aliphatic rings. The highest BCUT2D eigenvalue weighted by Gasteiger charge is 2.25. The van der Waals surface area contributed by atoms with E-state index in [1.165, 1.54) is 31.6 Å². The molecule has 1 N–H and O–H groups in total. The summed E-state index contributed by atoms with van der Waals surface area (Å²) in [4.78, 5) is 2.53. The number of rotatable bonds is 6. The van der Waals surface area contributed by atoms with Gasteiger partial charge in [0.2, 0.25) is 0 Å². The van der Waals surface area contributed by atoms with E-state index in [1.807, 2.05) is 0 Å². The number of nitrogens with one attached hydrogen (secondary N) is 1. The van der Waals surface area contributed by atoms with Gasteiger partial charge in [0.05, 0.1) is 0 Å². The molecular formula is C14H22N2. The molecule has 0 radical (unpaired) electrons. The lowest BCUT2D eigenvalue weighted by molar-refractivity contribution is 0.0866. The second kappa shape index (κ2) is 6.02. The van der Waals surface area contributed by atoms with Gasteiger partial charge in [0.25, 0.3) is 0 Å². The second-order valence-electron chi connectivity index (χ2n) is 4.69. The number of hydrogen-bond donors (Lipinski definition) is 1. The summed E-state index contributed by atoms with van der Waals surface area (Å²) in [6, 6.07) is 10.8. The van der Waals surface area contributed by atoms with Crippen molar-refractivity contribution in [2.75, 3.05) is 26.2 Å². The van der Waals surface area contributed by atoms with E-state index in [2.05, 4.69) is 47.5 Å². The second-order valence-corrected chi connectivity index (χ2v) is 4.69. The fourth-order valence-corrected chi connectivity index (χ4v) is 2.31. The first-order valence-electron chi connectivity index (χ1n) is 6.35. The van der Waals surface area contributed by atoms with Crippen LogP contribution in [0.4, 0.5) is 0 Å². The van der Waals surface area contributed by atoms with Gasteiger partial charge in [-0.25, -0.2) is 0 Å². The van der Waals surface area contributed by atoms with Gasteiger partial charge < -0.3 is 5.32 Å². The largest absolute Gasteiger partial charge is 0.317 e. The zero-order valence-corrected chi connectivity index (χ0v) is 10.2. The van der Waals surface area contributed by atoms with E-state index >= 15 is 0 Å². The molecule has 16 heavy (non-hydrogen) atoms. The smallest absolute Gasteiger partial charge is 0.0233 e. The molecule has 88 valence electrons. The Morgan fingerprint density at radius 1 is 1.25 bits per heavy atom. The Labute approximate surface area is 98.7 Å². The molecule has 0 spiro atoms. The van der Waals surface area contributed by atoms with Crippen LogP contribution in [-0.4, -0.2) is 31.1 Å². The molecule has 1 aromatic carbocycles. The lowest BCUT2D eigenvalue weighted by Gasteiger charge is -2.39. The van der Waals surface area contributed by atoms with Gasteiger partial charge in [-0.1, -0.05) is 37.3 Å². The highest BCUT2D eigenvalue weighted by atomic mass is 15.2. The molecule has 0 saturated carbocycles. The lowest BCUT2D eigenvalue weighted by atomic mass is 9.95. The van der Waals surface area contributed by atoms with Crippen molar-refractivity contribution in [2.45, 2.75) is 19.9 Å². The first-order chi connectivity index (χ1) is 7.88. The minimum Gasteiger partial charge on any atom is -0.317 e. The van der Waals surface area contributed by atoms with Gasteiger partial charge in [-0.15, -0.1) is 0 Å². The summed E-state index contributed by atoms with van der Waals surface area (Å²) in [5, 5.41) is 3.39. The molecule has 0 aliphatic carbocycles. The van der Waals surface area contributed by atoms with E-state index < -0.39 is 0 Å². The number of hydrogen-bond acceptors (Lipinski definition) is 2. The molecule has 0 unspecified atom stereocenters. The fraction of sp³-hybridized carbons (Fsp3) is 0.571. The summed E-state index contributed by atoms with van der Waals surface area (Å²) >= 11 is 0. The average molecular weight is 218 g/mol. The van der Waals surface area contributed by atoms with Crippen LogP contribution in [0.3, 0.4) is 0 Å². The highest BCUT2D eigenvalue weighted by Crippen LogP contribution is 2.20. The van der Waals surface area contributed by atoms with Gasteiger partial charge in [-0.2, -0.15) is 0 Å². The van der Waals surface area contributed by atoms with Crippen LogP contribution in [0.1, 0.15) is 18.9 Å². The monoisotopic (exact) mass is 218 g/mol. The Morgan fingerprint density at radius 3 is 2.69 bits per heavy atom. The topological polar surface area (TPSA) is 15.3 Å². The van der Waals surface area contributed by atoms with Gasteiger partial charge in [-0.05, 0) is 31.0 Å². The number of likely N-dealkylation sites (tertiary alicyclic amines) is 1. The van der Waals surface area contributed by atoms with Crippen molar-refractivity contribution in [3.8, 4) is 0 Å².